The second-order valence-corrected chi connectivity index (χ2v) is 6.87. The summed E-state index contributed by atoms with van der Waals surface area (Å²) in [6.45, 7) is 1.71. The molecule has 6 heteroatoms. The molecule has 1 amide bonds. The molecule has 22 heavy (non-hydrogen) atoms. The molecule has 3 unspecified atom stereocenters. The van der Waals surface area contributed by atoms with E-state index >= 15 is 0 Å². The molecule has 1 N–H and O–H groups in total. The summed E-state index contributed by atoms with van der Waals surface area (Å²) in [6.07, 6.45) is 3.13. The molecule has 1 saturated heterocycles. The van der Waals surface area contributed by atoms with E-state index in [1.165, 1.54) is 0 Å². The van der Waals surface area contributed by atoms with Gasteiger partial charge in [0.1, 0.15) is 0 Å². The van der Waals surface area contributed by atoms with Gasteiger partial charge in [0.2, 0.25) is 5.91 Å². The zero-order valence-corrected chi connectivity index (χ0v) is 14.8. The summed E-state index contributed by atoms with van der Waals surface area (Å²) >= 11 is 12.2. The Bertz CT molecular complexity index is 552. The van der Waals surface area contributed by atoms with Gasteiger partial charge in [-0.25, -0.2) is 0 Å². The number of piperidine rings is 1. The first-order chi connectivity index (χ1) is 10.1. The highest BCUT2D eigenvalue weighted by atomic mass is 35.5. The van der Waals surface area contributed by atoms with Crippen LogP contribution >= 0.6 is 35.6 Å². The van der Waals surface area contributed by atoms with Gasteiger partial charge in [0.05, 0.1) is 0 Å². The van der Waals surface area contributed by atoms with Gasteiger partial charge in [-0.3, -0.25) is 4.79 Å². The fourth-order valence-electron chi connectivity index (χ4n) is 3.26. The summed E-state index contributed by atoms with van der Waals surface area (Å²) in [7, 11) is 1.96. The van der Waals surface area contributed by atoms with Gasteiger partial charge in [-0.15, -0.1) is 12.4 Å². The highest BCUT2D eigenvalue weighted by Gasteiger charge is 2.47. The third-order valence-corrected chi connectivity index (χ3v) is 5.17. The van der Waals surface area contributed by atoms with E-state index in [1.807, 2.05) is 24.1 Å². The van der Waals surface area contributed by atoms with E-state index in [1.54, 1.807) is 6.07 Å². The van der Waals surface area contributed by atoms with Crippen LogP contribution in [0.2, 0.25) is 10.0 Å². The number of rotatable bonds is 3. The lowest BCUT2D eigenvalue weighted by Crippen LogP contribution is -2.47. The molecule has 3 nitrogen and oxygen atoms in total. The minimum Gasteiger partial charge on any atom is -0.341 e. The Balaban J connectivity index is 0.00000176. The van der Waals surface area contributed by atoms with Crippen molar-refractivity contribution >= 4 is 41.5 Å². The molecule has 2 aliphatic rings. The predicted molar refractivity (Wildman–Crippen MR) is 93.2 cm³/mol. The average Bonchev–Trinajstić information content (AvgIpc) is 3.27. The SMILES string of the molecule is CNC1CCCN(C(=O)C2CC2c2ccc(Cl)cc2Cl)C1.Cl. The molecule has 1 aliphatic carbocycles. The molecule has 3 atom stereocenters. The predicted octanol–water partition coefficient (Wildman–Crippen LogP) is 3.73. The number of hydrogen-bond acceptors (Lipinski definition) is 2. The first kappa shape index (κ1) is 17.9. The Morgan fingerprint density at radius 3 is 2.82 bits per heavy atom. The third kappa shape index (κ3) is 3.70. The van der Waals surface area contributed by atoms with Crippen molar-refractivity contribution in [1.82, 2.24) is 10.2 Å². The van der Waals surface area contributed by atoms with Gasteiger partial charge in [-0.05, 0) is 49.9 Å². The van der Waals surface area contributed by atoms with Crippen LogP contribution in [0.25, 0.3) is 0 Å². The highest BCUT2D eigenvalue weighted by Crippen LogP contribution is 2.51. The number of benzene rings is 1. The molecule has 2 fully saturated rings. The Kier molecular flexibility index (Phi) is 6.00. The maximum Gasteiger partial charge on any atom is 0.226 e. The Labute approximate surface area is 147 Å². The lowest BCUT2D eigenvalue weighted by Gasteiger charge is -2.32. The topological polar surface area (TPSA) is 32.3 Å². The first-order valence-electron chi connectivity index (χ1n) is 7.51. The lowest BCUT2D eigenvalue weighted by atomic mass is 10.0. The van der Waals surface area contributed by atoms with Gasteiger partial charge in [-0.1, -0.05) is 29.3 Å². The molecule has 1 saturated carbocycles. The number of halogens is 3. The van der Waals surface area contributed by atoms with Crippen LogP contribution < -0.4 is 5.32 Å². The largest absolute Gasteiger partial charge is 0.341 e. The summed E-state index contributed by atoms with van der Waals surface area (Å²) in [5.74, 6) is 0.641. The maximum absolute atomic E-state index is 12.6. The number of likely N-dealkylation sites (tertiary alicyclic amines) is 1. The smallest absolute Gasteiger partial charge is 0.226 e. The monoisotopic (exact) mass is 362 g/mol. The molecule has 3 rings (SSSR count). The molecule has 0 aromatic heterocycles. The van der Waals surface area contributed by atoms with Crippen LogP contribution in [0.1, 0.15) is 30.7 Å². The van der Waals surface area contributed by atoms with Gasteiger partial charge >= 0.3 is 0 Å². The van der Waals surface area contributed by atoms with Crippen LogP contribution in [0.3, 0.4) is 0 Å². The fraction of sp³-hybridized carbons (Fsp3) is 0.562. The zero-order valence-electron chi connectivity index (χ0n) is 12.5. The van der Waals surface area contributed by atoms with E-state index in [9.17, 15) is 4.79 Å². The van der Waals surface area contributed by atoms with Gasteiger partial charge in [0.15, 0.2) is 0 Å². The Morgan fingerprint density at radius 1 is 1.36 bits per heavy atom. The molecular weight excluding hydrogens is 343 g/mol. The Hall–Kier alpha value is -0.480. The van der Waals surface area contributed by atoms with Gasteiger partial charge < -0.3 is 10.2 Å². The van der Waals surface area contributed by atoms with Crippen molar-refractivity contribution in [2.45, 2.75) is 31.2 Å². The molecule has 0 radical (unpaired) electrons. The number of likely N-dealkylation sites (N-methyl/N-ethyl adjacent to an activating group) is 1. The second kappa shape index (κ2) is 7.39. The van der Waals surface area contributed by atoms with Gasteiger partial charge in [0.25, 0.3) is 0 Å². The number of nitrogens with zero attached hydrogens (tertiary/aromatic N) is 1. The quantitative estimate of drug-likeness (QED) is 0.887. The van der Waals surface area contributed by atoms with Crippen molar-refractivity contribution in [3.63, 3.8) is 0 Å². The maximum atomic E-state index is 12.6. The van der Waals surface area contributed by atoms with Gasteiger partial charge in [0, 0.05) is 35.1 Å². The molecule has 0 bridgehead atoms. The molecular formula is C16H21Cl3N2O. The molecule has 122 valence electrons. The zero-order chi connectivity index (χ0) is 15.0. The van der Waals surface area contributed by atoms with E-state index in [0.29, 0.717) is 16.1 Å². The molecule has 0 spiro atoms. The lowest BCUT2D eigenvalue weighted by molar-refractivity contribution is -0.134. The third-order valence-electron chi connectivity index (χ3n) is 4.61. The minimum absolute atomic E-state index is 0. The summed E-state index contributed by atoms with van der Waals surface area (Å²) in [4.78, 5) is 14.6. The molecule has 1 aromatic carbocycles. The second-order valence-electron chi connectivity index (χ2n) is 6.03. The summed E-state index contributed by atoms with van der Waals surface area (Å²) < 4.78 is 0. The van der Waals surface area contributed by atoms with Crippen LogP contribution in [0, 0.1) is 5.92 Å². The highest BCUT2D eigenvalue weighted by molar-refractivity contribution is 6.35. The normalized spacial score (nSPS) is 27.2. The number of hydrogen-bond donors (Lipinski definition) is 1. The van der Waals surface area contributed by atoms with E-state index in [0.717, 1.165) is 37.9 Å². The van der Waals surface area contributed by atoms with Crippen LogP contribution in [-0.4, -0.2) is 37.0 Å². The van der Waals surface area contributed by atoms with Crippen LogP contribution in [0.5, 0.6) is 0 Å². The average molecular weight is 364 g/mol. The van der Waals surface area contributed by atoms with E-state index in [2.05, 4.69) is 5.32 Å². The van der Waals surface area contributed by atoms with E-state index in [4.69, 9.17) is 23.2 Å². The van der Waals surface area contributed by atoms with Crippen molar-refractivity contribution in [1.29, 1.82) is 0 Å². The summed E-state index contributed by atoms with van der Waals surface area (Å²) in [5.41, 5.74) is 1.06. The van der Waals surface area contributed by atoms with Crippen molar-refractivity contribution in [2.75, 3.05) is 20.1 Å². The van der Waals surface area contributed by atoms with Gasteiger partial charge in [-0.2, -0.15) is 0 Å². The molecule has 1 aliphatic heterocycles. The number of carbonyl (C=O) groups is 1. The summed E-state index contributed by atoms with van der Waals surface area (Å²) in [6, 6.07) is 5.99. The van der Waals surface area contributed by atoms with Crippen molar-refractivity contribution < 1.29 is 4.79 Å². The number of amides is 1. The minimum atomic E-state index is 0. The van der Waals surface area contributed by atoms with Crippen molar-refractivity contribution in [3.05, 3.63) is 33.8 Å². The summed E-state index contributed by atoms with van der Waals surface area (Å²) in [5, 5.41) is 4.59. The number of nitrogens with one attached hydrogen (secondary N) is 1. The Morgan fingerprint density at radius 2 is 2.14 bits per heavy atom. The molecule has 1 aromatic rings. The van der Waals surface area contributed by atoms with Crippen LogP contribution in [-0.2, 0) is 4.79 Å². The number of carbonyl (C=O) groups excluding carboxylic acids is 1. The standard InChI is InChI=1S/C16H20Cl2N2O.ClH/c1-19-11-3-2-6-20(9-11)16(21)14-8-13(14)12-5-4-10(17)7-15(12)18;/h4-5,7,11,13-14,19H,2-3,6,8-9H2,1H3;1H. The molecule has 1 heterocycles. The van der Waals surface area contributed by atoms with Crippen molar-refractivity contribution in [3.8, 4) is 0 Å². The van der Waals surface area contributed by atoms with E-state index < -0.39 is 0 Å². The first-order valence-corrected chi connectivity index (χ1v) is 8.26. The van der Waals surface area contributed by atoms with Crippen LogP contribution in [0.15, 0.2) is 18.2 Å². The fourth-order valence-corrected chi connectivity index (χ4v) is 3.81. The van der Waals surface area contributed by atoms with E-state index in [-0.39, 0.29) is 30.2 Å². The van der Waals surface area contributed by atoms with Crippen LogP contribution in [0.4, 0.5) is 0 Å². The van der Waals surface area contributed by atoms with Crippen molar-refractivity contribution in [2.24, 2.45) is 5.92 Å².